The molecule has 1 aromatic rings. The van der Waals surface area contributed by atoms with E-state index in [0.29, 0.717) is 19.3 Å². The number of aliphatic carboxylic acids is 1. The minimum Gasteiger partial charge on any atom is -0.480 e. The number of hydrogen-bond acceptors (Lipinski definition) is 3. The van der Waals surface area contributed by atoms with Gasteiger partial charge in [0.2, 0.25) is 5.91 Å². The number of carboxylic acids is 1. The number of rotatable bonds is 8. The molecule has 0 radical (unpaired) electrons. The van der Waals surface area contributed by atoms with Gasteiger partial charge in [-0.2, -0.15) is 11.8 Å². The van der Waals surface area contributed by atoms with Crippen LogP contribution in [0.15, 0.2) is 24.3 Å². The lowest BCUT2D eigenvalue weighted by atomic mass is 10.0. The summed E-state index contributed by atoms with van der Waals surface area (Å²) in [6, 6.07) is 7.11. The molecule has 0 aliphatic heterocycles. The molecule has 0 aromatic heterocycles. The number of thioether (sulfide) groups is 1. The Morgan fingerprint density at radius 3 is 2.65 bits per heavy atom. The summed E-state index contributed by atoms with van der Waals surface area (Å²) in [5, 5.41) is 11.6. The van der Waals surface area contributed by atoms with E-state index in [4.69, 9.17) is 5.11 Å². The Bertz CT molecular complexity index is 462. The van der Waals surface area contributed by atoms with Gasteiger partial charge in [-0.25, -0.2) is 4.79 Å². The quantitative estimate of drug-likeness (QED) is 0.772. The normalized spacial score (nSPS) is 11.9. The van der Waals surface area contributed by atoms with Crippen molar-refractivity contribution in [3.63, 3.8) is 0 Å². The lowest BCUT2D eigenvalue weighted by Gasteiger charge is -2.14. The SMILES string of the molecule is CSCC[C@@H](NC(=O)CCc1ccccc1C)C(=O)O. The third-order valence-electron chi connectivity index (χ3n) is 3.13. The molecule has 1 amide bonds. The van der Waals surface area contributed by atoms with Gasteiger partial charge in [-0.1, -0.05) is 24.3 Å². The molecule has 1 rings (SSSR count). The number of amides is 1. The van der Waals surface area contributed by atoms with Crippen molar-refractivity contribution in [2.24, 2.45) is 0 Å². The summed E-state index contributed by atoms with van der Waals surface area (Å²) >= 11 is 1.57. The lowest BCUT2D eigenvalue weighted by molar-refractivity contribution is -0.141. The Hall–Kier alpha value is -1.49. The highest BCUT2D eigenvalue weighted by molar-refractivity contribution is 7.98. The number of hydrogen-bond donors (Lipinski definition) is 2. The van der Waals surface area contributed by atoms with E-state index in [1.807, 2.05) is 37.4 Å². The van der Waals surface area contributed by atoms with Gasteiger partial charge in [0.15, 0.2) is 0 Å². The molecule has 2 N–H and O–H groups in total. The van der Waals surface area contributed by atoms with Crippen molar-refractivity contribution in [3.8, 4) is 0 Å². The minimum absolute atomic E-state index is 0.207. The number of nitrogens with one attached hydrogen (secondary N) is 1. The number of carboxylic acid groups (broad SMARTS) is 1. The predicted octanol–water partition coefficient (Wildman–Crippen LogP) is 2.25. The average molecular weight is 295 g/mol. The van der Waals surface area contributed by atoms with E-state index in [1.54, 1.807) is 11.8 Å². The molecule has 0 spiro atoms. The molecule has 4 nitrogen and oxygen atoms in total. The molecule has 0 saturated heterocycles. The van der Waals surface area contributed by atoms with E-state index in [-0.39, 0.29) is 5.91 Å². The van der Waals surface area contributed by atoms with Crippen LogP contribution in [0, 0.1) is 6.92 Å². The highest BCUT2D eigenvalue weighted by Gasteiger charge is 2.19. The molecule has 0 aliphatic carbocycles. The first-order chi connectivity index (χ1) is 9.54. The van der Waals surface area contributed by atoms with Crippen molar-refractivity contribution in [2.75, 3.05) is 12.0 Å². The fourth-order valence-corrected chi connectivity index (χ4v) is 2.37. The third-order valence-corrected chi connectivity index (χ3v) is 3.77. The summed E-state index contributed by atoms with van der Waals surface area (Å²) in [5.41, 5.74) is 2.27. The highest BCUT2D eigenvalue weighted by Crippen LogP contribution is 2.09. The van der Waals surface area contributed by atoms with Gasteiger partial charge in [-0.05, 0) is 42.9 Å². The first kappa shape index (κ1) is 16.6. The summed E-state index contributed by atoms with van der Waals surface area (Å²) in [6.07, 6.45) is 3.31. The largest absolute Gasteiger partial charge is 0.480 e. The van der Waals surface area contributed by atoms with Crippen molar-refractivity contribution in [1.29, 1.82) is 0 Å². The van der Waals surface area contributed by atoms with Crippen molar-refractivity contribution in [2.45, 2.75) is 32.2 Å². The second kappa shape index (κ2) is 8.64. The van der Waals surface area contributed by atoms with E-state index in [1.165, 1.54) is 0 Å². The van der Waals surface area contributed by atoms with Gasteiger partial charge in [0.05, 0.1) is 0 Å². The van der Waals surface area contributed by atoms with Crippen LogP contribution < -0.4 is 5.32 Å². The first-order valence-electron chi connectivity index (χ1n) is 6.60. The molecule has 110 valence electrons. The molecule has 20 heavy (non-hydrogen) atoms. The second-order valence-corrected chi connectivity index (χ2v) is 5.65. The Morgan fingerprint density at radius 2 is 2.05 bits per heavy atom. The van der Waals surface area contributed by atoms with E-state index < -0.39 is 12.0 Å². The molecule has 5 heteroatoms. The van der Waals surface area contributed by atoms with Crippen molar-refractivity contribution < 1.29 is 14.7 Å². The molecule has 0 aliphatic rings. The summed E-state index contributed by atoms with van der Waals surface area (Å²) in [4.78, 5) is 22.9. The smallest absolute Gasteiger partial charge is 0.326 e. The molecular formula is C15H21NO3S. The molecule has 0 saturated carbocycles. The molecule has 0 fully saturated rings. The van der Waals surface area contributed by atoms with Crippen molar-refractivity contribution >= 4 is 23.6 Å². The zero-order chi connectivity index (χ0) is 15.0. The number of benzene rings is 1. The summed E-state index contributed by atoms with van der Waals surface area (Å²) in [7, 11) is 0. The van der Waals surface area contributed by atoms with Gasteiger partial charge in [0.1, 0.15) is 6.04 Å². The fourth-order valence-electron chi connectivity index (χ4n) is 1.90. The highest BCUT2D eigenvalue weighted by atomic mass is 32.2. The van der Waals surface area contributed by atoms with Gasteiger partial charge >= 0.3 is 5.97 Å². The van der Waals surface area contributed by atoms with Gasteiger partial charge in [0.25, 0.3) is 0 Å². The van der Waals surface area contributed by atoms with Gasteiger partial charge in [-0.3, -0.25) is 4.79 Å². The molecule has 1 aromatic carbocycles. The maximum atomic E-state index is 11.8. The van der Waals surface area contributed by atoms with Crippen molar-refractivity contribution in [1.82, 2.24) is 5.32 Å². The van der Waals surface area contributed by atoms with Gasteiger partial charge < -0.3 is 10.4 Å². The van der Waals surface area contributed by atoms with E-state index >= 15 is 0 Å². The van der Waals surface area contributed by atoms with Crippen LogP contribution in [0.4, 0.5) is 0 Å². The van der Waals surface area contributed by atoms with Crippen molar-refractivity contribution in [3.05, 3.63) is 35.4 Å². The van der Waals surface area contributed by atoms with Crippen LogP contribution >= 0.6 is 11.8 Å². The number of carbonyl (C=O) groups excluding carboxylic acids is 1. The Labute approximate surface area is 124 Å². The first-order valence-corrected chi connectivity index (χ1v) is 7.99. The third kappa shape index (κ3) is 5.65. The van der Waals surface area contributed by atoms with Crippen LogP contribution in [0.3, 0.4) is 0 Å². The van der Waals surface area contributed by atoms with Crippen LogP contribution in [0.1, 0.15) is 24.0 Å². The fraction of sp³-hybridized carbons (Fsp3) is 0.467. The molecule has 0 unspecified atom stereocenters. The number of carbonyl (C=O) groups is 2. The summed E-state index contributed by atoms with van der Waals surface area (Å²) in [6.45, 7) is 2.01. The van der Waals surface area contributed by atoms with Gasteiger partial charge in [0, 0.05) is 6.42 Å². The Kier molecular flexibility index (Phi) is 7.15. The monoisotopic (exact) mass is 295 g/mol. The zero-order valence-electron chi connectivity index (χ0n) is 11.9. The average Bonchev–Trinajstić information content (AvgIpc) is 2.42. The van der Waals surface area contributed by atoms with E-state index in [2.05, 4.69) is 5.32 Å². The van der Waals surface area contributed by atoms with Crippen LogP contribution in [0.25, 0.3) is 0 Å². The van der Waals surface area contributed by atoms with Gasteiger partial charge in [-0.15, -0.1) is 0 Å². The molecular weight excluding hydrogens is 274 g/mol. The Morgan fingerprint density at radius 1 is 1.35 bits per heavy atom. The van der Waals surface area contributed by atoms with E-state index in [0.717, 1.165) is 16.9 Å². The molecule has 0 bridgehead atoms. The standard InChI is InChI=1S/C15H21NO3S/c1-11-5-3-4-6-12(11)7-8-14(17)16-13(15(18)19)9-10-20-2/h3-6,13H,7-10H2,1-2H3,(H,16,17)(H,18,19)/t13-/m1/s1. The Balaban J connectivity index is 2.46. The maximum absolute atomic E-state index is 11.8. The second-order valence-electron chi connectivity index (χ2n) is 4.67. The predicted molar refractivity (Wildman–Crippen MR) is 82.1 cm³/mol. The minimum atomic E-state index is -0.969. The zero-order valence-corrected chi connectivity index (χ0v) is 12.7. The summed E-state index contributed by atoms with van der Waals surface area (Å²) < 4.78 is 0. The van der Waals surface area contributed by atoms with Crippen LogP contribution in [0.2, 0.25) is 0 Å². The lowest BCUT2D eigenvalue weighted by Crippen LogP contribution is -2.41. The van der Waals surface area contributed by atoms with Crippen LogP contribution in [-0.2, 0) is 16.0 Å². The van der Waals surface area contributed by atoms with Crippen LogP contribution in [0.5, 0.6) is 0 Å². The number of aryl methyl sites for hydroxylation is 2. The van der Waals surface area contributed by atoms with Crippen LogP contribution in [-0.4, -0.2) is 35.0 Å². The maximum Gasteiger partial charge on any atom is 0.326 e. The summed E-state index contributed by atoms with van der Waals surface area (Å²) in [5.74, 6) is -0.459. The van der Waals surface area contributed by atoms with E-state index in [9.17, 15) is 9.59 Å². The molecule has 1 atom stereocenters. The topological polar surface area (TPSA) is 66.4 Å². The molecule has 0 heterocycles.